The molecule has 196 valence electrons. The fraction of sp³-hybridized carbons (Fsp3) is 0.333. The molecule has 3 heterocycles. The summed E-state index contributed by atoms with van der Waals surface area (Å²) < 4.78 is 37.9. The molecule has 0 radical (unpaired) electrons. The maximum absolute atomic E-state index is 14.5. The summed E-state index contributed by atoms with van der Waals surface area (Å²) in [6.07, 6.45) is 1.18. The van der Waals surface area contributed by atoms with E-state index in [2.05, 4.69) is 10.3 Å². The van der Waals surface area contributed by atoms with Gasteiger partial charge < -0.3 is 23.9 Å². The Balaban J connectivity index is 1.55. The van der Waals surface area contributed by atoms with E-state index < -0.39 is 17.5 Å². The van der Waals surface area contributed by atoms with Crippen molar-refractivity contribution in [1.29, 1.82) is 0 Å². The molecule has 1 N–H and O–H groups in total. The summed E-state index contributed by atoms with van der Waals surface area (Å²) in [5, 5.41) is 2.90. The second-order valence-corrected chi connectivity index (χ2v) is 10.3. The molecule has 0 saturated carbocycles. The number of pyridine rings is 1. The molecule has 0 aliphatic rings. The molecule has 0 saturated heterocycles. The van der Waals surface area contributed by atoms with Gasteiger partial charge in [-0.1, -0.05) is 0 Å². The summed E-state index contributed by atoms with van der Waals surface area (Å²) in [5.74, 6) is 1.39. The molecule has 0 spiro atoms. The van der Waals surface area contributed by atoms with Crippen LogP contribution >= 0.6 is 11.3 Å². The van der Waals surface area contributed by atoms with Crippen molar-refractivity contribution in [2.45, 2.75) is 32.9 Å². The molecule has 0 unspecified atom stereocenters. The topological polar surface area (TPSA) is 86.1 Å². The third-order valence-corrected chi connectivity index (χ3v) is 6.44. The number of methoxy groups -OCH3 is 1. The number of carbonyl (C=O) groups is 1. The van der Waals surface area contributed by atoms with E-state index in [-0.39, 0.29) is 12.3 Å². The molecular formula is C27H30FN3O5S. The first-order valence-electron chi connectivity index (χ1n) is 11.8. The Kier molecular flexibility index (Phi) is 7.99. The molecule has 10 heteroatoms. The van der Waals surface area contributed by atoms with Crippen molar-refractivity contribution in [3.8, 4) is 22.1 Å². The van der Waals surface area contributed by atoms with E-state index in [0.29, 0.717) is 41.6 Å². The van der Waals surface area contributed by atoms with Crippen LogP contribution < -0.4 is 10.1 Å². The number of furan rings is 1. The van der Waals surface area contributed by atoms with Crippen molar-refractivity contribution in [1.82, 2.24) is 9.88 Å². The number of thiophene rings is 1. The van der Waals surface area contributed by atoms with Gasteiger partial charge >= 0.3 is 6.09 Å². The van der Waals surface area contributed by atoms with Crippen LogP contribution in [0.15, 0.2) is 53.1 Å². The zero-order valence-corrected chi connectivity index (χ0v) is 22.3. The molecule has 1 aromatic carbocycles. The van der Waals surface area contributed by atoms with Gasteiger partial charge in [0.15, 0.2) is 11.6 Å². The third kappa shape index (κ3) is 6.58. The quantitative estimate of drug-likeness (QED) is 0.253. The summed E-state index contributed by atoms with van der Waals surface area (Å²) in [6, 6.07) is 12.0. The van der Waals surface area contributed by atoms with Gasteiger partial charge in [0.25, 0.3) is 0 Å². The van der Waals surface area contributed by atoms with Gasteiger partial charge in [0, 0.05) is 44.7 Å². The minimum atomic E-state index is -0.613. The first kappa shape index (κ1) is 26.4. The van der Waals surface area contributed by atoms with E-state index in [1.807, 2.05) is 39.0 Å². The molecular weight excluding hydrogens is 497 g/mol. The van der Waals surface area contributed by atoms with Gasteiger partial charge in [0.2, 0.25) is 0 Å². The highest BCUT2D eigenvalue weighted by molar-refractivity contribution is 7.22. The van der Waals surface area contributed by atoms with Crippen LogP contribution in [0.4, 0.5) is 14.9 Å². The van der Waals surface area contributed by atoms with Crippen molar-refractivity contribution < 1.29 is 27.8 Å². The molecule has 8 nitrogen and oxygen atoms in total. The number of hydrogen-bond donors (Lipinski definition) is 1. The Morgan fingerprint density at radius 1 is 1.16 bits per heavy atom. The van der Waals surface area contributed by atoms with E-state index in [4.69, 9.17) is 18.6 Å². The Hall–Kier alpha value is -3.63. The van der Waals surface area contributed by atoms with Crippen LogP contribution in [0.25, 0.3) is 20.9 Å². The van der Waals surface area contributed by atoms with Crippen LogP contribution in [0.2, 0.25) is 0 Å². The van der Waals surface area contributed by atoms with Crippen LogP contribution in [0.3, 0.4) is 0 Å². The lowest BCUT2D eigenvalue weighted by molar-refractivity contribution is 0.0171. The van der Waals surface area contributed by atoms with E-state index >= 15 is 0 Å². The summed E-state index contributed by atoms with van der Waals surface area (Å²) in [4.78, 5) is 19.5. The van der Waals surface area contributed by atoms with Gasteiger partial charge in [0.1, 0.15) is 22.9 Å². The molecule has 0 bridgehead atoms. The number of halogens is 1. The minimum Gasteiger partial charge on any atom is -0.458 e. The number of fused-ring (bicyclic) bond motifs is 1. The number of carbonyl (C=O) groups excluding carboxylic acids is 1. The average Bonchev–Trinajstić information content (AvgIpc) is 3.49. The summed E-state index contributed by atoms with van der Waals surface area (Å²) >= 11 is 1.43. The molecule has 4 rings (SSSR count). The van der Waals surface area contributed by atoms with Crippen molar-refractivity contribution in [3.05, 3.63) is 60.2 Å². The molecule has 0 aliphatic carbocycles. The van der Waals surface area contributed by atoms with Crippen LogP contribution in [0.1, 0.15) is 26.5 Å². The lowest BCUT2D eigenvalue weighted by Gasteiger charge is -2.26. The number of nitrogens with zero attached hydrogens (tertiary/aromatic N) is 2. The summed E-state index contributed by atoms with van der Waals surface area (Å²) in [7, 11) is 3.31. The Bertz CT molecular complexity index is 1380. The molecule has 3 aromatic heterocycles. The van der Waals surface area contributed by atoms with Crippen molar-refractivity contribution in [2.75, 3.05) is 32.6 Å². The average molecular weight is 528 g/mol. The first-order chi connectivity index (χ1) is 17.7. The highest BCUT2D eigenvalue weighted by atomic mass is 32.1. The van der Waals surface area contributed by atoms with Crippen LogP contribution in [0, 0.1) is 5.82 Å². The first-order valence-corrected chi connectivity index (χ1v) is 12.6. The second-order valence-electron chi connectivity index (χ2n) is 9.29. The maximum Gasteiger partial charge on any atom is 0.410 e. The minimum absolute atomic E-state index is 0.125. The zero-order chi connectivity index (χ0) is 26.6. The van der Waals surface area contributed by atoms with E-state index in [9.17, 15) is 9.18 Å². The molecule has 0 fully saturated rings. The van der Waals surface area contributed by atoms with Crippen molar-refractivity contribution in [3.63, 3.8) is 0 Å². The third-order valence-electron chi connectivity index (χ3n) is 5.28. The maximum atomic E-state index is 14.5. The van der Waals surface area contributed by atoms with Gasteiger partial charge in [-0.25, -0.2) is 9.18 Å². The fourth-order valence-electron chi connectivity index (χ4n) is 3.52. The molecule has 37 heavy (non-hydrogen) atoms. The van der Waals surface area contributed by atoms with E-state index in [1.165, 1.54) is 17.4 Å². The fourth-order valence-corrected chi connectivity index (χ4v) is 4.55. The van der Waals surface area contributed by atoms with Gasteiger partial charge in [-0.3, -0.25) is 9.88 Å². The molecule has 4 aromatic rings. The predicted octanol–water partition coefficient (Wildman–Crippen LogP) is 6.91. The molecule has 0 aliphatic heterocycles. The number of rotatable bonds is 9. The Morgan fingerprint density at radius 3 is 2.68 bits per heavy atom. The van der Waals surface area contributed by atoms with Crippen LogP contribution in [-0.2, 0) is 16.0 Å². The summed E-state index contributed by atoms with van der Waals surface area (Å²) in [5.41, 5.74) is 0.751. The highest BCUT2D eigenvalue weighted by Crippen LogP contribution is 2.40. The number of nitrogens with one attached hydrogen (secondary N) is 1. The number of aromatic nitrogens is 1. The van der Waals surface area contributed by atoms with Crippen molar-refractivity contribution >= 4 is 33.3 Å². The predicted molar refractivity (Wildman–Crippen MR) is 142 cm³/mol. The van der Waals surface area contributed by atoms with Crippen LogP contribution in [0.5, 0.6) is 11.5 Å². The Labute approximate surface area is 219 Å². The second kappa shape index (κ2) is 11.2. The molecule has 1 amide bonds. The largest absolute Gasteiger partial charge is 0.458 e. The van der Waals surface area contributed by atoms with Gasteiger partial charge in [0.05, 0.1) is 28.2 Å². The van der Waals surface area contributed by atoms with Gasteiger partial charge in [-0.2, -0.15) is 0 Å². The smallest absolute Gasteiger partial charge is 0.410 e. The lowest BCUT2D eigenvalue weighted by Crippen LogP contribution is -2.38. The Morgan fingerprint density at radius 2 is 1.97 bits per heavy atom. The molecule has 0 atom stereocenters. The van der Waals surface area contributed by atoms with E-state index in [0.717, 1.165) is 9.58 Å². The monoisotopic (exact) mass is 527 g/mol. The summed E-state index contributed by atoms with van der Waals surface area (Å²) in [6.45, 7) is 6.44. The van der Waals surface area contributed by atoms with Crippen molar-refractivity contribution in [2.24, 2.45) is 0 Å². The van der Waals surface area contributed by atoms with Gasteiger partial charge in [-0.05, 0) is 51.1 Å². The SMILES string of the molecule is CNc1ccc(Oc2ccnc3cc(-c4ccc(CN(CCOC)C(=O)OC(C)(C)C)o4)sc23)c(F)c1. The number of ether oxygens (including phenoxy) is 3. The standard InChI is InChI=1S/C27H30FN3O5S/c1-27(2,3)36-26(32)31(12-13-33-5)16-18-7-9-22(34-18)24-15-20-25(37-24)23(10-11-30-20)35-21-8-6-17(29-4)14-19(21)28/h6-11,14-15,29H,12-13,16H2,1-5H3. The zero-order valence-electron chi connectivity index (χ0n) is 21.5. The van der Waals surface area contributed by atoms with Crippen LogP contribution in [-0.4, -0.2) is 48.9 Å². The number of amides is 1. The number of benzene rings is 1. The highest BCUT2D eigenvalue weighted by Gasteiger charge is 2.23. The number of anilines is 1. The normalized spacial score (nSPS) is 11.5. The van der Waals surface area contributed by atoms with E-state index in [1.54, 1.807) is 43.5 Å². The van der Waals surface area contributed by atoms with Gasteiger partial charge in [-0.15, -0.1) is 11.3 Å². The lowest BCUT2D eigenvalue weighted by atomic mass is 10.2. The number of hydrogen-bond acceptors (Lipinski definition) is 8.